The van der Waals surface area contributed by atoms with Gasteiger partial charge in [-0.1, -0.05) is 11.6 Å². The first kappa shape index (κ1) is 15.1. The third-order valence-corrected chi connectivity index (χ3v) is 3.39. The minimum atomic E-state index is -2.32. The van der Waals surface area contributed by atoms with Crippen molar-refractivity contribution < 1.29 is 18.3 Å². The van der Waals surface area contributed by atoms with E-state index in [0.717, 1.165) is 0 Å². The van der Waals surface area contributed by atoms with Crippen molar-refractivity contribution in [2.24, 2.45) is 0 Å². The highest BCUT2D eigenvalue weighted by Gasteiger charge is 2.24. The van der Waals surface area contributed by atoms with Crippen LogP contribution in [-0.4, -0.2) is 48.0 Å². The predicted molar refractivity (Wildman–Crippen MR) is 70.1 cm³/mol. The summed E-state index contributed by atoms with van der Waals surface area (Å²) in [7, 11) is 0. The van der Waals surface area contributed by atoms with Crippen LogP contribution in [0.3, 0.4) is 0 Å². The number of hydrogen-bond donors (Lipinski definition) is 0. The molecule has 7 heteroatoms. The number of carbonyl (C=O) groups is 1. The van der Waals surface area contributed by atoms with Crippen molar-refractivity contribution in [2.45, 2.75) is 25.4 Å². The molecule has 0 aliphatic carbocycles. The number of pyridine rings is 1. The molecule has 0 aromatic carbocycles. The average molecular weight is 305 g/mol. The van der Waals surface area contributed by atoms with E-state index in [1.54, 1.807) is 11.0 Å². The molecule has 0 atom stereocenters. The van der Waals surface area contributed by atoms with Crippen molar-refractivity contribution >= 4 is 17.6 Å². The van der Waals surface area contributed by atoms with Crippen molar-refractivity contribution in [3.8, 4) is 0 Å². The minimum absolute atomic E-state index is 0.220. The second kappa shape index (κ2) is 6.95. The van der Waals surface area contributed by atoms with E-state index in [-0.39, 0.29) is 12.6 Å². The lowest BCUT2D eigenvalue weighted by Gasteiger charge is -2.31. The standard InChI is InChI=1S/C13H15ClF2N2O2/c14-11-2-1-9(7-17-11)13(19)20-10-3-5-18(6-4-10)8-12(15)16/h1-2,7,10,12H,3-6,8H2. The van der Waals surface area contributed by atoms with Crippen molar-refractivity contribution in [3.05, 3.63) is 29.0 Å². The monoisotopic (exact) mass is 304 g/mol. The Morgan fingerprint density at radius 2 is 2.15 bits per heavy atom. The number of halogens is 3. The first-order valence-electron chi connectivity index (χ1n) is 6.37. The highest BCUT2D eigenvalue weighted by Crippen LogP contribution is 2.17. The average Bonchev–Trinajstić information content (AvgIpc) is 2.41. The number of likely N-dealkylation sites (tertiary alicyclic amines) is 1. The molecule has 4 nitrogen and oxygen atoms in total. The van der Waals surface area contributed by atoms with Crippen LogP contribution < -0.4 is 0 Å². The molecule has 1 aliphatic rings. The highest BCUT2D eigenvalue weighted by atomic mass is 35.5. The Balaban J connectivity index is 1.80. The zero-order valence-corrected chi connectivity index (χ0v) is 11.5. The van der Waals surface area contributed by atoms with Crippen LogP contribution in [0.5, 0.6) is 0 Å². The summed E-state index contributed by atoms with van der Waals surface area (Å²) in [6.45, 7) is 0.810. The number of hydrogen-bond acceptors (Lipinski definition) is 4. The summed E-state index contributed by atoms with van der Waals surface area (Å²) < 4.78 is 29.8. The molecule has 1 aromatic heterocycles. The fraction of sp³-hybridized carbons (Fsp3) is 0.538. The summed E-state index contributed by atoms with van der Waals surface area (Å²) in [5.74, 6) is -0.457. The fourth-order valence-corrected chi connectivity index (χ4v) is 2.23. The van der Waals surface area contributed by atoms with E-state index in [1.807, 2.05) is 0 Å². The smallest absolute Gasteiger partial charge is 0.339 e. The molecule has 0 bridgehead atoms. The van der Waals surface area contributed by atoms with Crippen LogP contribution in [0.25, 0.3) is 0 Å². The Kier molecular flexibility index (Phi) is 5.25. The quantitative estimate of drug-likeness (QED) is 0.633. The van der Waals surface area contributed by atoms with E-state index in [0.29, 0.717) is 36.6 Å². The fourth-order valence-electron chi connectivity index (χ4n) is 2.12. The van der Waals surface area contributed by atoms with Crippen LogP contribution >= 0.6 is 11.6 Å². The minimum Gasteiger partial charge on any atom is -0.459 e. The van der Waals surface area contributed by atoms with Gasteiger partial charge in [0.1, 0.15) is 11.3 Å². The van der Waals surface area contributed by atoms with Crippen molar-refractivity contribution in [3.63, 3.8) is 0 Å². The summed E-state index contributed by atoms with van der Waals surface area (Å²) in [5.41, 5.74) is 0.337. The third-order valence-electron chi connectivity index (χ3n) is 3.17. The Labute approximate surface area is 120 Å². The number of carbonyl (C=O) groups excluding carboxylic acids is 1. The Hall–Kier alpha value is -1.27. The van der Waals surface area contributed by atoms with Crippen LogP contribution in [0, 0.1) is 0 Å². The molecule has 1 fully saturated rings. The van der Waals surface area contributed by atoms with Gasteiger partial charge < -0.3 is 4.74 Å². The van der Waals surface area contributed by atoms with Gasteiger partial charge in [0.25, 0.3) is 6.43 Å². The van der Waals surface area contributed by atoms with E-state index in [9.17, 15) is 13.6 Å². The van der Waals surface area contributed by atoms with E-state index in [1.165, 1.54) is 12.3 Å². The molecule has 1 aromatic rings. The maximum Gasteiger partial charge on any atom is 0.339 e. The van der Waals surface area contributed by atoms with Crippen LogP contribution in [0.2, 0.25) is 5.15 Å². The Bertz CT molecular complexity index is 448. The molecular formula is C13H15ClF2N2O2. The molecule has 0 saturated carbocycles. The zero-order valence-electron chi connectivity index (χ0n) is 10.8. The summed E-state index contributed by atoms with van der Waals surface area (Å²) in [5, 5.41) is 0.307. The molecule has 20 heavy (non-hydrogen) atoms. The van der Waals surface area contributed by atoms with Gasteiger partial charge in [-0.05, 0) is 25.0 Å². The van der Waals surface area contributed by atoms with E-state index in [2.05, 4.69) is 4.98 Å². The van der Waals surface area contributed by atoms with Gasteiger partial charge in [-0.15, -0.1) is 0 Å². The van der Waals surface area contributed by atoms with Gasteiger partial charge in [-0.3, -0.25) is 4.90 Å². The number of piperidine rings is 1. The second-order valence-corrected chi connectivity index (χ2v) is 5.05. The molecule has 2 rings (SSSR count). The molecule has 2 heterocycles. The summed E-state index contributed by atoms with van der Waals surface area (Å²) in [4.78, 5) is 17.3. The highest BCUT2D eigenvalue weighted by molar-refractivity contribution is 6.29. The third kappa shape index (κ3) is 4.38. The number of esters is 1. The summed E-state index contributed by atoms with van der Waals surface area (Å²) in [6.07, 6.45) is -0.0587. The zero-order chi connectivity index (χ0) is 14.5. The van der Waals surface area contributed by atoms with Gasteiger partial charge >= 0.3 is 5.97 Å². The summed E-state index contributed by atoms with van der Waals surface area (Å²) in [6, 6.07) is 3.06. The topological polar surface area (TPSA) is 42.4 Å². The Morgan fingerprint density at radius 1 is 1.45 bits per heavy atom. The van der Waals surface area contributed by atoms with Gasteiger partial charge in [0.15, 0.2) is 0 Å². The first-order valence-corrected chi connectivity index (χ1v) is 6.75. The number of rotatable bonds is 4. The largest absolute Gasteiger partial charge is 0.459 e. The van der Waals surface area contributed by atoms with E-state index in [4.69, 9.17) is 16.3 Å². The molecule has 0 amide bonds. The maximum atomic E-state index is 12.2. The van der Waals surface area contributed by atoms with Crippen molar-refractivity contribution in [2.75, 3.05) is 19.6 Å². The van der Waals surface area contributed by atoms with E-state index < -0.39 is 12.4 Å². The molecule has 1 aliphatic heterocycles. The van der Waals surface area contributed by atoms with Gasteiger partial charge in [-0.25, -0.2) is 18.6 Å². The lowest BCUT2D eigenvalue weighted by Crippen LogP contribution is -2.40. The van der Waals surface area contributed by atoms with E-state index >= 15 is 0 Å². The predicted octanol–water partition coefficient (Wildman–Crippen LogP) is 2.62. The molecular weight excluding hydrogens is 290 g/mol. The van der Waals surface area contributed by atoms with Crippen molar-refractivity contribution in [1.29, 1.82) is 0 Å². The molecule has 0 unspecified atom stereocenters. The molecule has 0 radical (unpaired) electrons. The van der Waals surface area contributed by atoms with Gasteiger partial charge in [0.05, 0.1) is 12.1 Å². The molecule has 0 spiro atoms. The molecule has 1 saturated heterocycles. The van der Waals surface area contributed by atoms with Crippen LogP contribution in [0.15, 0.2) is 18.3 Å². The second-order valence-electron chi connectivity index (χ2n) is 4.67. The number of nitrogens with zero attached hydrogens (tertiary/aromatic N) is 2. The van der Waals surface area contributed by atoms with Crippen LogP contribution in [-0.2, 0) is 4.74 Å². The lowest BCUT2D eigenvalue weighted by molar-refractivity contribution is 0.00222. The number of aromatic nitrogens is 1. The van der Waals surface area contributed by atoms with Gasteiger partial charge in [0.2, 0.25) is 0 Å². The number of ether oxygens (including phenoxy) is 1. The summed E-state index contributed by atoms with van der Waals surface area (Å²) >= 11 is 5.64. The van der Waals surface area contributed by atoms with Crippen LogP contribution in [0.4, 0.5) is 8.78 Å². The molecule has 110 valence electrons. The van der Waals surface area contributed by atoms with Gasteiger partial charge in [0, 0.05) is 19.3 Å². The Morgan fingerprint density at radius 3 is 2.70 bits per heavy atom. The first-order chi connectivity index (χ1) is 9.54. The lowest BCUT2D eigenvalue weighted by atomic mass is 10.1. The van der Waals surface area contributed by atoms with Gasteiger partial charge in [-0.2, -0.15) is 0 Å². The van der Waals surface area contributed by atoms with Crippen molar-refractivity contribution in [1.82, 2.24) is 9.88 Å². The number of alkyl halides is 2. The normalized spacial score (nSPS) is 17.4. The van der Waals surface area contributed by atoms with Crippen LogP contribution in [0.1, 0.15) is 23.2 Å². The molecule has 0 N–H and O–H groups in total. The SMILES string of the molecule is O=C(OC1CCN(CC(F)F)CC1)c1ccc(Cl)nc1. The maximum absolute atomic E-state index is 12.2.